The van der Waals surface area contributed by atoms with E-state index in [2.05, 4.69) is 10.3 Å². The first-order chi connectivity index (χ1) is 8.27. The highest BCUT2D eigenvalue weighted by Crippen LogP contribution is 2.10. The van der Waals surface area contributed by atoms with Crippen LogP contribution >= 0.6 is 0 Å². The molecular formula is C11H13F2N3O. The molecule has 0 radical (unpaired) electrons. The summed E-state index contributed by atoms with van der Waals surface area (Å²) in [6.07, 6.45) is 1.12. The van der Waals surface area contributed by atoms with E-state index in [0.29, 0.717) is 6.54 Å². The van der Waals surface area contributed by atoms with Crippen molar-refractivity contribution in [3.63, 3.8) is 0 Å². The van der Waals surface area contributed by atoms with E-state index < -0.39 is 13.0 Å². The molecule has 6 heteroatoms. The number of nitrogens with one attached hydrogen (secondary N) is 1. The second-order valence-corrected chi connectivity index (χ2v) is 3.46. The highest BCUT2D eigenvalue weighted by molar-refractivity contribution is 5.49. The Balaban J connectivity index is 1.84. The van der Waals surface area contributed by atoms with Gasteiger partial charge < -0.3 is 10.1 Å². The smallest absolute Gasteiger partial charge is 0.261 e. The van der Waals surface area contributed by atoms with Crippen molar-refractivity contribution in [3.05, 3.63) is 30.6 Å². The number of imidazole rings is 1. The average molecular weight is 241 g/mol. The van der Waals surface area contributed by atoms with Crippen LogP contribution in [0.2, 0.25) is 0 Å². The van der Waals surface area contributed by atoms with Crippen molar-refractivity contribution >= 4 is 11.5 Å². The number of fused-ring (bicyclic) bond motifs is 1. The predicted octanol–water partition coefficient (Wildman–Crippen LogP) is 2.03. The molecule has 2 aromatic rings. The number of aromatic nitrogens is 2. The molecule has 0 bridgehead atoms. The lowest BCUT2D eigenvalue weighted by molar-refractivity contribution is 0.0214. The summed E-state index contributed by atoms with van der Waals surface area (Å²) >= 11 is 0. The number of hydrogen-bond donors (Lipinski definition) is 1. The summed E-state index contributed by atoms with van der Waals surface area (Å²) in [5, 5.41) is 3.10. The first kappa shape index (κ1) is 11.8. The van der Waals surface area contributed by atoms with Crippen LogP contribution < -0.4 is 5.32 Å². The Kier molecular flexibility index (Phi) is 3.87. The lowest BCUT2D eigenvalue weighted by Gasteiger charge is -2.09. The van der Waals surface area contributed by atoms with Crippen molar-refractivity contribution < 1.29 is 13.5 Å². The van der Waals surface area contributed by atoms with Crippen LogP contribution in [0.3, 0.4) is 0 Å². The van der Waals surface area contributed by atoms with Gasteiger partial charge in [-0.2, -0.15) is 0 Å². The predicted molar refractivity (Wildman–Crippen MR) is 60.5 cm³/mol. The molecule has 0 aliphatic heterocycles. The van der Waals surface area contributed by atoms with Crippen LogP contribution in [-0.4, -0.2) is 35.6 Å². The fourth-order valence-electron chi connectivity index (χ4n) is 1.52. The van der Waals surface area contributed by atoms with Gasteiger partial charge in [0.15, 0.2) is 0 Å². The van der Waals surface area contributed by atoms with Crippen molar-refractivity contribution in [2.75, 3.05) is 25.1 Å². The van der Waals surface area contributed by atoms with Gasteiger partial charge in [-0.3, -0.25) is 4.40 Å². The third-order valence-corrected chi connectivity index (χ3v) is 2.22. The summed E-state index contributed by atoms with van der Waals surface area (Å²) in [5.41, 5.74) is 0.837. The molecule has 0 atom stereocenters. The zero-order valence-corrected chi connectivity index (χ0v) is 9.14. The molecule has 4 nitrogen and oxygen atoms in total. The Labute approximate surface area is 97.2 Å². The van der Waals surface area contributed by atoms with Crippen LogP contribution in [0.1, 0.15) is 0 Å². The quantitative estimate of drug-likeness (QED) is 0.786. The monoisotopic (exact) mass is 241 g/mol. The molecule has 0 spiro atoms. The minimum absolute atomic E-state index is 0.245. The van der Waals surface area contributed by atoms with Crippen LogP contribution in [0.25, 0.3) is 5.65 Å². The molecule has 17 heavy (non-hydrogen) atoms. The lowest BCUT2D eigenvalue weighted by atomic mass is 10.4. The van der Waals surface area contributed by atoms with Gasteiger partial charge in [0, 0.05) is 18.9 Å². The number of halogens is 2. The number of alkyl halides is 2. The van der Waals surface area contributed by atoms with Crippen molar-refractivity contribution in [1.29, 1.82) is 0 Å². The maximum Gasteiger partial charge on any atom is 0.261 e. The molecule has 0 amide bonds. The Morgan fingerprint density at radius 1 is 1.41 bits per heavy atom. The molecule has 1 N–H and O–H groups in total. The molecule has 0 aliphatic rings. The Bertz CT molecular complexity index is 472. The van der Waals surface area contributed by atoms with Gasteiger partial charge in [-0.25, -0.2) is 13.8 Å². The molecule has 0 saturated heterocycles. The summed E-state index contributed by atoms with van der Waals surface area (Å²) in [5.74, 6) is 0.862. The number of pyridine rings is 1. The van der Waals surface area contributed by atoms with Gasteiger partial charge in [-0.15, -0.1) is 0 Å². The fraction of sp³-hybridized carbons (Fsp3) is 0.364. The van der Waals surface area contributed by atoms with Crippen LogP contribution in [0.15, 0.2) is 30.6 Å². The second-order valence-electron chi connectivity index (χ2n) is 3.46. The van der Waals surface area contributed by atoms with E-state index in [-0.39, 0.29) is 6.61 Å². The largest absolute Gasteiger partial charge is 0.374 e. The van der Waals surface area contributed by atoms with Crippen molar-refractivity contribution in [3.8, 4) is 0 Å². The van der Waals surface area contributed by atoms with E-state index in [1.54, 1.807) is 6.20 Å². The Hall–Kier alpha value is -1.69. The molecule has 2 heterocycles. The van der Waals surface area contributed by atoms with E-state index in [1.807, 2.05) is 28.8 Å². The Morgan fingerprint density at radius 3 is 3.12 bits per heavy atom. The van der Waals surface area contributed by atoms with Crippen molar-refractivity contribution in [1.82, 2.24) is 9.38 Å². The topological polar surface area (TPSA) is 38.6 Å². The summed E-state index contributed by atoms with van der Waals surface area (Å²) in [6.45, 7) is 0.205. The number of rotatable bonds is 6. The van der Waals surface area contributed by atoms with Crippen LogP contribution in [0.4, 0.5) is 14.6 Å². The molecule has 0 aromatic carbocycles. The van der Waals surface area contributed by atoms with Gasteiger partial charge in [0.25, 0.3) is 6.43 Å². The van der Waals surface area contributed by atoms with Crippen LogP contribution in [-0.2, 0) is 4.74 Å². The minimum atomic E-state index is -2.41. The average Bonchev–Trinajstić information content (AvgIpc) is 2.77. The Morgan fingerprint density at radius 2 is 2.29 bits per heavy atom. The number of anilines is 1. The molecule has 0 saturated carbocycles. The minimum Gasteiger partial charge on any atom is -0.374 e. The van der Waals surface area contributed by atoms with E-state index in [9.17, 15) is 8.78 Å². The number of nitrogens with zero attached hydrogens (tertiary/aromatic N) is 2. The standard InChI is InChI=1S/C11H13F2N3O/c12-9(13)8-17-7-5-15-11-3-1-2-10-14-4-6-16(10)11/h1-4,6,9,15H,5,7-8H2. The second kappa shape index (κ2) is 5.58. The molecule has 0 aliphatic carbocycles. The van der Waals surface area contributed by atoms with E-state index in [4.69, 9.17) is 4.74 Å². The van der Waals surface area contributed by atoms with Gasteiger partial charge in [-0.1, -0.05) is 6.07 Å². The van der Waals surface area contributed by atoms with E-state index in [1.165, 1.54) is 0 Å². The lowest BCUT2D eigenvalue weighted by Crippen LogP contribution is -2.14. The van der Waals surface area contributed by atoms with E-state index in [0.717, 1.165) is 11.5 Å². The molecular weight excluding hydrogens is 228 g/mol. The third kappa shape index (κ3) is 3.13. The zero-order valence-electron chi connectivity index (χ0n) is 9.14. The van der Waals surface area contributed by atoms with Gasteiger partial charge in [-0.05, 0) is 12.1 Å². The zero-order chi connectivity index (χ0) is 12.1. The molecule has 2 aromatic heterocycles. The first-order valence-corrected chi connectivity index (χ1v) is 5.29. The normalized spacial score (nSPS) is 11.2. The molecule has 0 unspecified atom stereocenters. The first-order valence-electron chi connectivity index (χ1n) is 5.29. The third-order valence-electron chi connectivity index (χ3n) is 2.22. The van der Waals surface area contributed by atoms with Crippen LogP contribution in [0.5, 0.6) is 0 Å². The number of hydrogen-bond acceptors (Lipinski definition) is 3. The van der Waals surface area contributed by atoms with Gasteiger partial charge >= 0.3 is 0 Å². The maximum absolute atomic E-state index is 11.8. The summed E-state index contributed by atoms with van der Waals surface area (Å²) in [4.78, 5) is 4.14. The van der Waals surface area contributed by atoms with Gasteiger partial charge in [0.1, 0.15) is 18.1 Å². The summed E-state index contributed by atoms with van der Waals surface area (Å²) in [7, 11) is 0. The van der Waals surface area contributed by atoms with Crippen molar-refractivity contribution in [2.24, 2.45) is 0 Å². The van der Waals surface area contributed by atoms with Crippen LogP contribution in [0, 0.1) is 0 Å². The summed E-state index contributed by atoms with van der Waals surface area (Å²) < 4.78 is 30.2. The van der Waals surface area contributed by atoms with E-state index >= 15 is 0 Å². The maximum atomic E-state index is 11.8. The molecule has 2 rings (SSSR count). The SMILES string of the molecule is FC(F)COCCNc1cccc2nccn12. The highest BCUT2D eigenvalue weighted by atomic mass is 19.3. The number of ether oxygens (including phenoxy) is 1. The summed E-state index contributed by atoms with van der Waals surface area (Å²) in [6, 6.07) is 5.66. The highest BCUT2D eigenvalue weighted by Gasteiger charge is 2.02. The molecule has 0 fully saturated rings. The fourth-order valence-corrected chi connectivity index (χ4v) is 1.52. The van der Waals surface area contributed by atoms with Gasteiger partial charge in [0.2, 0.25) is 0 Å². The van der Waals surface area contributed by atoms with Crippen molar-refractivity contribution in [2.45, 2.75) is 6.43 Å². The molecule has 92 valence electrons. The van der Waals surface area contributed by atoms with Gasteiger partial charge in [0.05, 0.1) is 6.61 Å².